The van der Waals surface area contributed by atoms with Gasteiger partial charge in [-0.2, -0.15) is 0 Å². The summed E-state index contributed by atoms with van der Waals surface area (Å²) < 4.78 is 31.7. The van der Waals surface area contributed by atoms with Crippen LogP contribution < -0.4 is 10.1 Å². The predicted octanol–water partition coefficient (Wildman–Crippen LogP) is 2.47. The molecule has 1 aliphatic carbocycles. The molecule has 5 heteroatoms. The summed E-state index contributed by atoms with van der Waals surface area (Å²) in [4.78, 5) is 11.0. The Morgan fingerprint density at radius 1 is 1.50 bits per heavy atom. The number of carbonyl (C=O) groups is 1. The number of rotatable bonds is 5. The van der Waals surface area contributed by atoms with Gasteiger partial charge in [-0.05, 0) is 18.9 Å². The standard InChI is InChI=1S/C13H13F2NO2/c1-8(14)13(17)16-7-9-3-2-4-11(12(9)15)18-10-5-6-10/h2-4,10H,1,5-7H2,(H,16,17). The van der Waals surface area contributed by atoms with E-state index in [0.717, 1.165) is 12.8 Å². The first-order valence-electron chi connectivity index (χ1n) is 5.64. The zero-order valence-electron chi connectivity index (χ0n) is 9.71. The van der Waals surface area contributed by atoms with Gasteiger partial charge in [0.25, 0.3) is 5.91 Å². The molecule has 1 N–H and O–H groups in total. The van der Waals surface area contributed by atoms with Crippen molar-refractivity contribution in [3.63, 3.8) is 0 Å². The van der Waals surface area contributed by atoms with Gasteiger partial charge in [-0.15, -0.1) is 0 Å². The quantitative estimate of drug-likeness (QED) is 0.819. The van der Waals surface area contributed by atoms with Crippen LogP contribution in [0.15, 0.2) is 30.6 Å². The SMILES string of the molecule is C=C(F)C(=O)NCc1cccc(OC2CC2)c1F. The number of halogens is 2. The second-order valence-electron chi connectivity index (χ2n) is 4.13. The summed E-state index contributed by atoms with van der Waals surface area (Å²) in [6.45, 7) is 2.76. The molecule has 3 nitrogen and oxygen atoms in total. The number of hydrogen-bond acceptors (Lipinski definition) is 2. The lowest BCUT2D eigenvalue weighted by Crippen LogP contribution is -2.23. The molecule has 1 aromatic rings. The molecule has 0 spiro atoms. The lowest BCUT2D eigenvalue weighted by Gasteiger charge is -2.10. The van der Waals surface area contributed by atoms with Crippen LogP contribution in [0.5, 0.6) is 5.75 Å². The van der Waals surface area contributed by atoms with Crippen LogP contribution in [-0.4, -0.2) is 12.0 Å². The van der Waals surface area contributed by atoms with Gasteiger partial charge in [0, 0.05) is 12.1 Å². The number of amides is 1. The molecule has 0 heterocycles. The molecule has 2 rings (SSSR count). The molecule has 0 unspecified atom stereocenters. The van der Waals surface area contributed by atoms with Gasteiger partial charge < -0.3 is 10.1 Å². The number of benzene rings is 1. The van der Waals surface area contributed by atoms with E-state index in [0.29, 0.717) is 0 Å². The Balaban J connectivity index is 2.03. The van der Waals surface area contributed by atoms with Gasteiger partial charge in [0.05, 0.1) is 6.10 Å². The van der Waals surface area contributed by atoms with Crippen LogP contribution in [-0.2, 0) is 11.3 Å². The van der Waals surface area contributed by atoms with E-state index in [9.17, 15) is 13.6 Å². The zero-order valence-corrected chi connectivity index (χ0v) is 9.71. The van der Waals surface area contributed by atoms with Gasteiger partial charge >= 0.3 is 0 Å². The molecule has 1 saturated carbocycles. The molecule has 1 amide bonds. The van der Waals surface area contributed by atoms with E-state index in [4.69, 9.17) is 4.74 Å². The Hall–Kier alpha value is -1.91. The van der Waals surface area contributed by atoms with Gasteiger partial charge in [-0.1, -0.05) is 18.7 Å². The van der Waals surface area contributed by atoms with E-state index in [1.807, 2.05) is 0 Å². The van der Waals surface area contributed by atoms with Gasteiger partial charge in [0.15, 0.2) is 17.4 Å². The third-order valence-electron chi connectivity index (χ3n) is 2.55. The summed E-state index contributed by atoms with van der Waals surface area (Å²) in [5.74, 6) is -2.39. The number of hydrogen-bond donors (Lipinski definition) is 1. The van der Waals surface area contributed by atoms with Crippen LogP contribution in [0.2, 0.25) is 0 Å². The molecule has 0 saturated heterocycles. The molecule has 1 fully saturated rings. The van der Waals surface area contributed by atoms with Crippen LogP contribution in [0.25, 0.3) is 0 Å². The van der Waals surface area contributed by atoms with Crippen LogP contribution in [0.1, 0.15) is 18.4 Å². The third kappa shape index (κ3) is 3.06. The molecule has 1 aliphatic rings. The van der Waals surface area contributed by atoms with Crippen molar-refractivity contribution < 1.29 is 18.3 Å². The normalized spacial score (nSPS) is 14.1. The summed E-state index contributed by atoms with van der Waals surface area (Å²) in [5, 5.41) is 2.23. The monoisotopic (exact) mass is 253 g/mol. The highest BCUT2D eigenvalue weighted by Gasteiger charge is 2.25. The molecular formula is C13H13F2NO2. The fraction of sp³-hybridized carbons (Fsp3) is 0.308. The van der Waals surface area contributed by atoms with Crippen LogP contribution in [0, 0.1) is 5.82 Å². The van der Waals surface area contributed by atoms with E-state index in [2.05, 4.69) is 11.9 Å². The summed E-state index contributed by atoms with van der Waals surface area (Å²) >= 11 is 0. The summed E-state index contributed by atoms with van der Waals surface area (Å²) in [6, 6.07) is 4.68. The Labute approximate surface area is 103 Å². The first-order chi connectivity index (χ1) is 8.58. The van der Waals surface area contributed by atoms with Gasteiger partial charge in [0.1, 0.15) is 0 Å². The second-order valence-corrected chi connectivity index (χ2v) is 4.13. The maximum Gasteiger partial charge on any atom is 0.279 e. The molecule has 0 aromatic heterocycles. The number of nitrogens with one attached hydrogen (secondary N) is 1. The fourth-order valence-corrected chi connectivity index (χ4v) is 1.42. The molecule has 0 aliphatic heterocycles. The Morgan fingerprint density at radius 3 is 2.83 bits per heavy atom. The molecule has 1 aromatic carbocycles. The third-order valence-corrected chi connectivity index (χ3v) is 2.55. The van der Waals surface area contributed by atoms with E-state index in [-0.39, 0.29) is 24.0 Å². The Morgan fingerprint density at radius 2 is 2.22 bits per heavy atom. The second kappa shape index (κ2) is 5.16. The average Bonchev–Trinajstić information content (AvgIpc) is 3.13. The molecule has 96 valence electrons. The molecule has 0 atom stereocenters. The van der Waals surface area contributed by atoms with Crippen molar-refractivity contribution in [3.05, 3.63) is 42.0 Å². The van der Waals surface area contributed by atoms with Crippen LogP contribution in [0.3, 0.4) is 0 Å². The average molecular weight is 253 g/mol. The molecule has 18 heavy (non-hydrogen) atoms. The van der Waals surface area contributed by atoms with Crippen molar-refractivity contribution in [2.45, 2.75) is 25.5 Å². The summed E-state index contributed by atoms with van der Waals surface area (Å²) in [6.07, 6.45) is 1.96. The highest BCUT2D eigenvalue weighted by atomic mass is 19.1. The van der Waals surface area contributed by atoms with Gasteiger partial charge in [-0.25, -0.2) is 8.78 Å². The van der Waals surface area contributed by atoms with Crippen molar-refractivity contribution in [2.24, 2.45) is 0 Å². The topological polar surface area (TPSA) is 38.3 Å². The van der Waals surface area contributed by atoms with E-state index in [1.165, 1.54) is 12.1 Å². The van der Waals surface area contributed by atoms with Gasteiger partial charge in [0.2, 0.25) is 0 Å². The number of carbonyl (C=O) groups excluding carboxylic acids is 1. The highest BCUT2D eigenvalue weighted by molar-refractivity contribution is 5.90. The molecule has 0 bridgehead atoms. The highest BCUT2D eigenvalue weighted by Crippen LogP contribution is 2.29. The maximum absolute atomic E-state index is 13.9. The predicted molar refractivity (Wildman–Crippen MR) is 62.1 cm³/mol. The zero-order chi connectivity index (χ0) is 13.1. The summed E-state index contributed by atoms with van der Waals surface area (Å²) in [5.41, 5.74) is 0.253. The van der Waals surface area contributed by atoms with Crippen LogP contribution in [0.4, 0.5) is 8.78 Å². The largest absolute Gasteiger partial charge is 0.487 e. The van der Waals surface area contributed by atoms with Crippen molar-refractivity contribution in [1.29, 1.82) is 0 Å². The lowest BCUT2D eigenvalue weighted by atomic mass is 10.2. The molecular weight excluding hydrogens is 240 g/mol. The molecule has 0 radical (unpaired) electrons. The smallest absolute Gasteiger partial charge is 0.279 e. The van der Waals surface area contributed by atoms with Gasteiger partial charge in [-0.3, -0.25) is 4.79 Å². The minimum Gasteiger partial charge on any atom is -0.487 e. The van der Waals surface area contributed by atoms with Crippen LogP contribution >= 0.6 is 0 Å². The van der Waals surface area contributed by atoms with Crippen molar-refractivity contribution >= 4 is 5.91 Å². The Bertz CT molecular complexity index is 484. The first-order valence-corrected chi connectivity index (χ1v) is 5.64. The van der Waals surface area contributed by atoms with E-state index < -0.39 is 17.6 Å². The number of ether oxygens (including phenoxy) is 1. The first kappa shape index (κ1) is 12.5. The minimum atomic E-state index is -1.10. The summed E-state index contributed by atoms with van der Waals surface area (Å²) in [7, 11) is 0. The van der Waals surface area contributed by atoms with Crippen molar-refractivity contribution in [1.82, 2.24) is 5.32 Å². The Kier molecular flexibility index (Phi) is 3.60. The fourth-order valence-electron chi connectivity index (χ4n) is 1.42. The van der Waals surface area contributed by atoms with Crippen molar-refractivity contribution in [2.75, 3.05) is 0 Å². The van der Waals surface area contributed by atoms with E-state index >= 15 is 0 Å². The maximum atomic E-state index is 13.9. The minimum absolute atomic E-state index is 0.0926. The van der Waals surface area contributed by atoms with Crippen molar-refractivity contribution in [3.8, 4) is 5.75 Å². The lowest BCUT2D eigenvalue weighted by molar-refractivity contribution is -0.119. The van der Waals surface area contributed by atoms with E-state index in [1.54, 1.807) is 6.07 Å².